The van der Waals surface area contributed by atoms with Crippen LogP contribution in [0.1, 0.15) is 28.8 Å². The van der Waals surface area contributed by atoms with Gasteiger partial charge in [-0.15, -0.1) is 0 Å². The first-order valence-corrected chi connectivity index (χ1v) is 8.72. The summed E-state index contributed by atoms with van der Waals surface area (Å²) in [5.41, 5.74) is 2.54. The SMILES string of the molecule is O=C(Nc1ccc2c(c1)CCO2)c1ccc(N2CCCC2)c([N+](=O)[O-])c1. The number of benzene rings is 2. The maximum atomic E-state index is 12.5. The fraction of sp³-hybridized carbons (Fsp3) is 0.316. The summed E-state index contributed by atoms with van der Waals surface area (Å²) in [6.45, 7) is 2.27. The summed E-state index contributed by atoms with van der Waals surface area (Å²) in [6, 6.07) is 10.2. The van der Waals surface area contributed by atoms with Crippen molar-refractivity contribution in [2.45, 2.75) is 19.3 Å². The van der Waals surface area contributed by atoms with Crippen LogP contribution in [-0.2, 0) is 6.42 Å². The fourth-order valence-corrected chi connectivity index (χ4v) is 3.50. The number of nitro benzene ring substituents is 1. The number of fused-ring (bicyclic) bond motifs is 1. The third kappa shape index (κ3) is 3.08. The van der Waals surface area contributed by atoms with Crippen LogP contribution in [0.15, 0.2) is 36.4 Å². The van der Waals surface area contributed by atoms with E-state index in [4.69, 9.17) is 4.74 Å². The van der Waals surface area contributed by atoms with E-state index >= 15 is 0 Å². The highest BCUT2D eigenvalue weighted by Crippen LogP contribution is 2.32. The fourth-order valence-electron chi connectivity index (χ4n) is 3.50. The molecule has 0 atom stereocenters. The minimum atomic E-state index is -0.419. The highest BCUT2D eigenvalue weighted by atomic mass is 16.6. The zero-order valence-corrected chi connectivity index (χ0v) is 14.2. The first kappa shape index (κ1) is 16.4. The second-order valence-electron chi connectivity index (χ2n) is 6.53. The number of hydrogen-bond donors (Lipinski definition) is 1. The molecule has 2 aromatic rings. The number of carbonyl (C=O) groups excluding carboxylic acids is 1. The van der Waals surface area contributed by atoms with Gasteiger partial charge in [-0.1, -0.05) is 0 Å². The number of carbonyl (C=O) groups is 1. The summed E-state index contributed by atoms with van der Waals surface area (Å²) in [5, 5.41) is 14.3. The quantitative estimate of drug-likeness (QED) is 0.673. The molecule has 1 saturated heterocycles. The molecule has 0 saturated carbocycles. The number of amides is 1. The van der Waals surface area contributed by atoms with Gasteiger partial charge in [-0.2, -0.15) is 0 Å². The van der Waals surface area contributed by atoms with Gasteiger partial charge in [0, 0.05) is 36.8 Å². The number of anilines is 2. The Bertz CT molecular complexity index is 875. The molecule has 4 rings (SSSR count). The second kappa shape index (κ2) is 6.67. The molecule has 0 radical (unpaired) electrons. The summed E-state index contributed by atoms with van der Waals surface area (Å²) >= 11 is 0. The van der Waals surface area contributed by atoms with E-state index in [1.54, 1.807) is 18.2 Å². The van der Waals surface area contributed by atoms with Crippen LogP contribution in [0.2, 0.25) is 0 Å². The van der Waals surface area contributed by atoms with Gasteiger partial charge in [-0.25, -0.2) is 0 Å². The molecule has 0 unspecified atom stereocenters. The van der Waals surface area contributed by atoms with Crippen molar-refractivity contribution < 1.29 is 14.5 Å². The van der Waals surface area contributed by atoms with E-state index in [9.17, 15) is 14.9 Å². The average molecular weight is 353 g/mol. The normalized spacial score (nSPS) is 15.5. The molecule has 0 aliphatic carbocycles. The predicted molar refractivity (Wildman–Crippen MR) is 98.1 cm³/mol. The number of ether oxygens (including phenoxy) is 1. The van der Waals surface area contributed by atoms with Gasteiger partial charge in [-0.05, 0) is 48.7 Å². The van der Waals surface area contributed by atoms with Gasteiger partial charge in [0.25, 0.3) is 11.6 Å². The molecular formula is C19H19N3O4. The van der Waals surface area contributed by atoms with Crippen molar-refractivity contribution in [2.75, 3.05) is 29.9 Å². The second-order valence-corrected chi connectivity index (χ2v) is 6.53. The Balaban J connectivity index is 1.57. The Labute approximate surface area is 150 Å². The number of hydrogen-bond acceptors (Lipinski definition) is 5. The zero-order valence-electron chi connectivity index (χ0n) is 14.2. The van der Waals surface area contributed by atoms with E-state index in [2.05, 4.69) is 5.32 Å². The van der Waals surface area contributed by atoms with E-state index in [1.807, 2.05) is 17.0 Å². The maximum Gasteiger partial charge on any atom is 0.293 e. The number of nitrogens with zero attached hydrogens (tertiary/aromatic N) is 2. The third-order valence-corrected chi connectivity index (χ3v) is 4.83. The van der Waals surface area contributed by atoms with Crippen LogP contribution in [0.25, 0.3) is 0 Å². The van der Waals surface area contributed by atoms with Crippen molar-refractivity contribution in [3.05, 3.63) is 57.6 Å². The highest BCUT2D eigenvalue weighted by Gasteiger charge is 2.24. The molecule has 7 heteroatoms. The molecule has 1 fully saturated rings. The van der Waals surface area contributed by atoms with Gasteiger partial charge in [-0.3, -0.25) is 14.9 Å². The molecule has 2 aliphatic rings. The number of nitro groups is 1. The molecule has 0 spiro atoms. The Morgan fingerprint density at radius 3 is 2.73 bits per heavy atom. The van der Waals surface area contributed by atoms with Crippen LogP contribution in [0.5, 0.6) is 5.75 Å². The Morgan fingerprint density at radius 2 is 1.96 bits per heavy atom. The first-order chi connectivity index (χ1) is 12.6. The van der Waals surface area contributed by atoms with Crippen LogP contribution >= 0.6 is 0 Å². The van der Waals surface area contributed by atoms with E-state index in [1.165, 1.54) is 6.07 Å². The van der Waals surface area contributed by atoms with Crippen molar-refractivity contribution in [2.24, 2.45) is 0 Å². The summed E-state index contributed by atoms with van der Waals surface area (Å²) in [7, 11) is 0. The van der Waals surface area contributed by atoms with Crippen LogP contribution in [0.3, 0.4) is 0 Å². The topological polar surface area (TPSA) is 84.7 Å². The van der Waals surface area contributed by atoms with Crippen molar-refractivity contribution in [1.82, 2.24) is 0 Å². The minimum Gasteiger partial charge on any atom is -0.493 e. The maximum absolute atomic E-state index is 12.5. The van der Waals surface area contributed by atoms with Crippen molar-refractivity contribution in [1.29, 1.82) is 0 Å². The molecule has 2 heterocycles. The largest absolute Gasteiger partial charge is 0.493 e. The lowest BCUT2D eigenvalue weighted by Gasteiger charge is -2.17. The molecule has 1 N–H and O–H groups in total. The first-order valence-electron chi connectivity index (χ1n) is 8.72. The molecule has 1 amide bonds. The van der Waals surface area contributed by atoms with Crippen molar-refractivity contribution in [3.63, 3.8) is 0 Å². The van der Waals surface area contributed by atoms with Crippen LogP contribution in [-0.4, -0.2) is 30.5 Å². The minimum absolute atomic E-state index is 0.0260. The monoisotopic (exact) mass is 353 g/mol. The van der Waals surface area contributed by atoms with Gasteiger partial charge in [0.2, 0.25) is 0 Å². The molecule has 2 aromatic carbocycles. The van der Waals surface area contributed by atoms with E-state index in [0.29, 0.717) is 18.0 Å². The average Bonchev–Trinajstić information content (AvgIpc) is 3.32. The summed E-state index contributed by atoms with van der Waals surface area (Å²) in [5.74, 6) is 0.480. The van der Waals surface area contributed by atoms with E-state index in [0.717, 1.165) is 43.7 Å². The standard InChI is InChI=1S/C19H19N3O4/c23-19(20-15-4-6-18-13(11-15)7-10-26-18)14-3-5-16(17(12-14)22(24)25)21-8-1-2-9-21/h3-6,11-12H,1-2,7-10H2,(H,20,23). The van der Waals surface area contributed by atoms with Crippen molar-refractivity contribution in [3.8, 4) is 5.75 Å². The van der Waals surface area contributed by atoms with Gasteiger partial charge in [0.15, 0.2) is 0 Å². The molecule has 2 aliphatic heterocycles. The Kier molecular flexibility index (Phi) is 4.20. The van der Waals surface area contributed by atoms with Gasteiger partial charge in [0.05, 0.1) is 11.5 Å². The van der Waals surface area contributed by atoms with Gasteiger partial charge >= 0.3 is 0 Å². The van der Waals surface area contributed by atoms with Crippen LogP contribution in [0, 0.1) is 10.1 Å². The predicted octanol–water partition coefficient (Wildman–Crippen LogP) is 3.38. The van der Waals surface area contributed by atoms with Gasteiger partial charge < -0.3 is 15.0 Å². The van der Waals surface area contributed by atoms with Crippen molar-refractivity contribution >= 4 is 23.0 Å². The molecule has 7 nitrogen and oxygen atoms in total. The lowest BCUT2D eigenvalue weighted by Crippen LogP contribution is -2.19. The van der Waals surface area contributed by atoms with Gasteiger partial charge in [0.1, 0.15) is 11.4 Å². The Hall–Kier alpha value is -3.09. The summed E-state index contributed by atoms with van der Waals surface area (Å²) < 4.78 is 5.45. The molecule has 0 aromatic heterocycles. The lowest BCUT2D eigenvalue weighted by atomic mass is 10.1. The summed E-state index contributed by atoms with van der Waals surface area (Å²) in [4.78, 5) is 25.6. The molecule has 0 bridgehead atoms. The van der Waals surface area contributed by atoms with E-state index in [-0.39, 0.29) is 17.2 Å². The third-order valence-electron chi connectivity index (χ3n) is 4.83. The number of rotatable bonds is 4. The molecular weight excluding hydrogens is 334 g/mol. The molecule has 134 valence electrons. The smallest absolute Gasteiger partial charge is 0.293 e. The highest BCUT2D eigenvalue weighted by molar-refractivity contribution is 6.05. The van der Waals surface area contributed by atoms with Crippen LogP contribution < -0.4 is 15.0 Å². The molecule has 26 heavy (non-hydrogen) atoms. The Morgan fingerprint density at radius 1 is 1.15 bits per heavy atom. The zero-order chi connectivity index (χ0) is 18.1. The summed E-state index contributed by atoms with van der Waals surface area (Å²) in [6.07, 6.45) is 2.87. The number of nitrogens with one attached hydrogen (secondary N) is 1. The van der Waals surface area contributed by atoms with Crippen LogP contribution in [0.4, 0.5) is 17.1 Å². The lowest BCUT2D eigenvalue weighted by molar-refractivity contribution is -0.384. The van der Waals surface area contributed by atoms with E-state index < -0.39 is 4.92 Å².